The zero-order valence-corrected chi connectivity index (χ0v) is 7.36. The summed E-state index contributed by atoms with van der Waals surface area (Å²) in [5, 5.41) is 8.96. The van der Waals surface area contributed by atoms with Crippen LogP contribution in [0, 0.1) is 6.92 Å². The maximum absolute atomic E-state index is 11.2. The van der Waals surface area contributed by atoms with E-state index in [1.54, 1.807) is 6.92 Å². The Labute approximate surface area is 77.0 Å². The number of ether oxygens (including phenoxy) is 1. The van der Waals surface area contributed by atoms with E-state index in [0.29, 0.717) is 5.56 Å². The Morgan fingerprint density at radius 2 is 2.00 bits per heavy atom. The van der Waals surface area contributed by atoms with Crippen molar-refractivity contribution in [2.45, 2.75) is 13.0 Å². The van der Waals surface area contributed by atoms with Crippen LogP contribution in [0.25, 0.3) is 0 Å². The second-order valence-electron chi connectivity index (χ2n) is 2.76. The summed E-state index contributed by atoms with van der Waals surface area (Å²) in [7, 11) is 0. The molecule has 0 saturated carbocycles. The van der Waals surface area contributed by atoms with Crippen LogP contribution in [-0.2, 0) is 4.74 Å². The van der Waals surface area contributed by atoms with E-state index in [9.17, 15) is 4.79 Å². The fraction of sp³-hybridized carbons (Fsp3) is 0.200. The number of esters is 1. The number of carbonyl (C=O) groups is 1. The monoisotopic (exact) mass is 179 g/mol. The van der Waals surface area contributed by atoms with Crippen molar-refractivity contribution in [3.05, 3.63) is 36.8 Å². The van der Waals surface area contributed by atoms with E-state index in [1.807, 2.05) is 0 Å². The minimum absolute atomic E-state index is 0.124. The second-order valence-corrected chi connectivity index (χ2v) is 2.76. The molecule has 0 aliphatic carbocycles. The minimum Gasteiger partial charge on any atom is -0.508 e. The van der Waals surface area contributed by atoms with Gasteiger partial charge in [-0.1, -0.05) is 0 Å². The van der Waals surface area contributed by atoms with Gasteiger partial charge in [0.2, 0.25) is 0 Å². The van der Waals surface area contributed by atoms with Crippen LogP contribution in [0.5, 0.6) is 5.75 Å². The van der Waals surface area contributed by atoms with Gasteiger partial charge in [0, 0.05) is 0 Å². The van der Waals surface area contributed by atoms with E-state index >= 15 is 0 Å². The average molecular weight is 179 g/mol. The maximum Gasteiger partial charge on any atom is 0.338 e. The molecule has 3 nitrogen and oxygen atoms in total. The first-order valence-electron chi connectivity index (χ1n) is 3.92. The summed E-state index contributed by atoms with van der Waals surface area (Å²) in [4.78, 5) is 11.2. The smallest absolute Gasteiger partial charge is 0.338 e. The molecule has 1 N–H and O–H groups in total. The zero-order valence-electron chi connectivity index (χ0n) is 7.36. The Morgan fingerprint density at radius 1 is 1.46 bits per heavy atom. The van der Waals surface area contributed by atoms with Crippen LogP contribution in [-0.4, -0.2) is 17.2 Å². The summed E-state index contributed by atoms with van der Waals surface area (Å²) >= 11 is 0. The minimum atomic E-state index is -0.428. The highest BCUT2D eigenvalue weighted by Crippen LogP contribution is 2.10. The van der Waals surface area contributed by atoms with Gasteiger partial charge in [0.25, 0.3) is 0 Å². The number of hydrogen-bond acceptors (Lipinski definition) is 3. The van der Waals surface area contributed by atoms with Crippen molar-refractivity contribution in [2.75, 3.05) is 0 Å². The van der Waals surface area contributed by atoms with E-state index < -0.39 is 5.97 Å². The van der Waals surface area contributed by atoms with Crippen molar-refractivity contribution in [3.63, 3.8) is 0 Å². The third kappa shape index (κ3) is 2.78. The molecule has 0 heterocycles. The van der Waals surface area contributed by atoms with E-state index in [-0.39, 0.29) is 11.9 Å². The van der Waals surface area contributed by atoms with Gasteiger partial charge < -0.3 is 9.84 Å². The molecule has 0 aliphatic rings. The third-order valence-electron chi connectivity index (χ3n) is 1.41. The first-order valence-corrected chi connectivity index (χ1v) is 3.92. The maximum atomic E-state index is 11.2. The van der Waals surface area contributed by atoms with Gasteiger partial charge in [-0.2, -0.15) is 0 Å². The zero-order chi connectivity index (χ0) is 9.84. The molecule has 0 spiro atoms. The van der Waals surface area contributed by atoms with E-state index in [4.69, 9.17) is 9.84 Å². The standard InChI is InChI=1S/C10H11O3/c1-7(2)13-10(12)8-3-5-9(11)6-4-8/h3-7,11H,1H2,2H3. The molecule has 0 aliphatic heterocycles. The Bertz CT molecular complexity index is 288. The number of phenols is 1. The molecular formula is C10H11O3. The molecule has 0 amide bonds. The van der Waals surface area contributed by atoms with Crippen molar-refractivity contribution < 1.29 is 14.6 Å². The summed E-state index contributed by atoms with van der Waals surface area (Å²) in [6.45, 7) is 5.21. The van der Waals surface area contributed by atoms with Crippen molar-refractivity contribution in [1.29, 1.82) is 0 Å². The molecule has 1 aromatic rings. The number of rotatable bonds is 2. The molecule has 1 atom stereocenters. The number of phenolic OH excluding ortho intramolecular Hbond substituents is 1. The van der Waals surface area contributed by atoms with Gasteiger partial charge in [-0.15, -0.1) is 0 Å². The van der Waals surface area contributed by atoms with E-state index in [1.165, 1.54) is 24.3 Å². The fourth-order valence-corrected chi connectivity index (χ4v) is 0.848. The predicted octanol–water partition coefficient (Wildman–Crippen LogP) is 1.77. The summed E-state index contributed by atoms with van der Waals surface area (Å²) in [5.74, 6) is -0.304. The Kier molecular flexibility index (Phi) is 2.90. The summed E-state index contributed by atoms with van der Waals surface area (Å²) in [6.07, 6.45) is -0.374. The molecular weight excluding hydrogens is 168 g/mol. The highest BCUT2D eigenvalue weighted by atomic mass is 16.5. The van der Waals surface area contributed by atoms with E-state index in [2.05, 4.69) is 6.92 Å². The molecule has 3 heteroatoms. The van der Waals surface area contributed by atoms with Crippen LogP contribution in [0.1, 0.15) is 17.3 Å². The van der Waals surface area contributed by atoms with Crippen LogP contribution in [0.4, 0.5) is 0 Å². The van der Waals surface area contributed by atoms with Crippen LogP contribution >= 0.6 is 0 Å². The molecule has 1 aromatic carbocycles. The highest BCUT2D eigenvalue weighted by molar-refractivity contribution is 5.89. The molecule has 0 bridgehead atoms. The molecule has 1 unspecified atom stereocenters. The van der Waals surface area contributed by atoms with Crippen LogP contribution < -0.4 is 0 Å². The lowest BCUT2D eigenvalue weighted by Gasteiger charge is -2.07. The molecule has 0 fully saturated rings. The second kappa shape index (κ2) is 3.94. The molecule has 1 rings (SSSR count). The van der Waals surface area contributed by atoms with Gasteiger partial charge in [-0.05, 0) is 38.1 Å². The SMILES string of the molecule is [CH2]C(C)OC(=O)c1ccc(O)cc1. The van der Waals surface area contributed by atoms with Crippen LogP contribution in [0.15, 0.2) is 24.3 Å². The predicted molar refractivity (Wildman–Crippen MR) is 48.3 cm³/mol. The number of benzene rings is 1. The lowest BCUT2D eigenvalue weighted by molar-refractivity contribution is 0.0420. The van der Waals surface area contributed by atoms with Gasteiger partial charge >= 0.3 is 5.97 Å². The third-order valence-corrected chi connectivity index (χ3v) is 1.41. The topological polar surface area (TPSA) is 46.5 Å². The lowest BCUT2D eigenvalue weighted by atomic mass is 10.2. The van der Waals surface area contributed by atoms with Gasteiger partial charge in [0.05, 0.1) is 11.7 Å². The summed E-state index contributed by atoms with van der Waals surface area (Å²) in [6, 6.07) is 5.87. The van der Waals surface area contributed by atoms with Gasteiger partial charge in [0.15, 0.2) is 0 Å². The Morgan fingerprint density at radius 3 is 2.46 bits per heavy atom. The van der Waals surface area contributed by atoms with Crippen LogP contribution in [0.3, 0.4) is 0 Å². The molecule has 0 aromatic heterocycles. The number of carbonyl (C=O) groups excluding carboxylic acids is 1. The van der Waals surface area contributed by atoms with E-state index in [0.717, 1.165) is 0 Å². The van der Waals surface area contributed by atoms with Gasteiger partial charge in [0.1, 0.15) is 5.75 Å². The fourth-order valence-electron chi connectivity index (χ4n) is 0.848. The van der Waals surface area contributed by atoms with Crippen molar-refractivity contribution >= 4 is 5.97 Å². The molecule has 13 heavy (non-hydrogen) atoms. The normalized spacial score (nSPS) is 10.1. The Balaban J connectivity index is 2.72. The summed E-state index contributed by atoms with van der Waals surface area (Å²) < 4.78 is 4.84. The van der Waals surface area contributed by atoms with Crippen molar-refractivity contribution in [1.82, 2.24) is 0 Å². The molecule has 1 radical (unpaired) electrons. The first kappa shape index (κ1) is 9.58. The highest BCUT2D eigenvalue weighted by Gasteiger charge is 2.07. The largest absolute Gasteiger partial charge is 0.508 e. The average Bonchev–Trinajstić information content (AvgIpc) is 2.04. The van der Waals surface area contributed by atoms with Gasteiger partial charge in [-0.3, -0.25) is 0 Å². The molecule has 0 saturated heterocycles. The number of aromatic hydroxyl groups is 1. The van der Waals surface area contributed by atoms with Crippen molar-refractivity contribution in [3.8, 4) is 5.75 Å². The van der Waals surface area contributed by atoms with Gasteiger partial charge in [-0.25, -0.2) is 4.79 Å². The summed E-state index contributed by atoms with van der Waals surface area (Å²) in [5.41, 5.74) is 0.410. The molecule has 69 valence electrons. The number of hydrogen-bond donors (Lipinski definition) is 1. The Hall–Kier alpha value is -1.51. The lowest BCUT2D eigenvalue weighted by Crippen LogP contribution is -2.11. The van der Waals surface area contributed by atoms with Crippen LogP contribution in [0.2, 0.25) is 0 Å². The quantitative estimate of drug-likeness (QED) is 0.704. The first-order chi connectivity index (χ1) is 6.09. The van der Waals surface area contributed by atoms with Crippen molar-refractivity contribution in [2.24, 2.45) is 0 Å².